The molecule has 1 aromatic carbocycles. The minimum atomic E-state index is -4.77. The van der Waals surface area contributed by atoms with Gasteiger partial charge in [-0.1, -0.05) is 0 Å². The monoisotopic (exact) mass is 339 g/mol. The lowest BCUT2D eigenvalue weighted by atomic mass is 10.3. The third-order valence-electron chi connectivity index (χ3n) is 2.56. The van der Waals surface area contributed by atoms with Crippen molar-refractivity contribution in [2.45, 2.75) is 18.9 Å². The van der Waals surface area contributed by atoms with Gasteiger partial charge in [0, 0.05) is 5.69 Å². The van der Waals surface area contributed by atoms with Gasteiger partial charge in [-0.25, -0.2) is 0 Å². The lowest BCUT2D eigenvalue weighted by Crippen LogP contribution is -2.25. The molecule has 104 valence electrons. The normalized spacial score (nSPS) is 19.9. The van der Waals surface area contributed by atoms with E-state index in [1.807, 2.05) is 0 Å². The van der Waals surface area contributed by atoms with E-state index in [-0.39, 0.29) is 29.1 Å². The summed E-state index contributed by atoms with van der Waals surface area (Å²) < 4.78 is 40.2. The summed E-state index contributed by atoms with van der Waals surface area (Å²) in [5.74, 6) is -0.660. The van der Waals surface area contributed by atoms with Gasteiger partial charge >= 0.3 is 6.36 Å². The van der Waals surface area contributed by atoms with Crippen LogP contribution in [-0.2, 0) is 4.79 Å². The highest BCUT2D eigenvalue weighted by Crippen LogP contribution is 2.34. The number of rotatable bonds is 2. The highest BCUT2D eigenvalue weighted by Gasteiger charge is 2.33. The number of aliphatic hydroxyl groups is 1. The van der Waals surface area contributed by atoms with E-state index >= 15 is 0 Å². The van der Waals surface area contributed by atoms with E-state index in [2.05, 4.69) is 20.7 Å². The van der Waals surface area contributed by atoms with Gasteiger partial charge in [0.25, 0.3) is 0 Å². The molecule has 1 aliphatic rings. The zero-order valence-corrected chi connectivity index (χ0v) is 11.0. The standard InChI is InChI=1S/C11H9BrF3NO3/c12-8-3-6(16-5-7(17)4-10(16)18)1-2-9(8)19-11(13,14)15/h1-3,7,17H,4-5H2. The zero-order chi connectivity index (χ0) is 14.2. The number of hydrogen-bond donors (Lipinski definition) is 1. The molecule has 1 saturated heterocycles. The minimum Gasteiger partial charge on any atom is -0.405 e. The van der Waals surface area contributed by atoms with Crippen molar-refractivity contribution in [3.8, 4) is 5.75 Å². The molecule has 1 aliphatic heterocycles. The van der Waals surface area contributed by atoms with Gasteiger partial charge in [0.15, 0.2) is 0 Å². The number of β-amino-alcohol motifs (C(OH)–C–C–N with tert-alkyl or cyclic N) is 1. The van der Waals surface area contributed by atoms with Crippen LogP contribution in [0, 0.1) is 0 Å². The molecular weight excluding hydrogens is 331 g/mol. The third-order valence-corrected chi connectivity index (χ3v) is 3.18. The second-order valence-corrected chi connectivity index (χ2v) is 4.88. The Morgan fingerprint density at radius 1 is 1.42 bits per heavy atom. The second kappa shape index (κ2) is 5.01. The SMILES string of the molecule is O=C1CC(O)CN1c1ccc(OC(F)(F)F)c(Br)c1. The maximum atomic E-state index is 12.1. The largest absolute Gasteiger partial charge is 0.573 e. The molecule has 1 heterocycles. The number of amides is 1. The molecule has 4 nitrogen and oxygen atoms in total. The molecule has 1 unspecified atom stereocenters. The highest BCUT2D eigenvalue weighted by atomic mass is 79.9. The van der Waals surface area contributed by atoms with Crippen LogP contribution in [0.25, 0.3) is 0 Å². The van der Waals surface area contributed by atoms with Crippen LogP contribution in [-0.4, -0.2) is 30.0 Å². The van der Waals surface area contributed by atoms with Crippen molar-refractivity contribution < 1.29 is 27.8 Å². The first-order valence-electron chi connectivity index (χ1n) is 5.30. The van der Waals surface area contributed by atoms with Gasteiger partial charge in [-0.15, -0.1) is 13.2 Å². The van der Waals surface area contributed by atoms with Gasteiger partial charge in [-0.05, 0) is 34.1 Å². The molecule has 0 spiro atoms. The van der Waals surface area contributed by atoms with E-state index in [4.69, 9.17) is 0 Å². The summed E-state index contributed by atoms with van der Waals surface area (Å²) >= 11 is 2.96. The molecule has 0 aromatic heterocycles. The molecule has 1 fully saturated rings. The van der Waals surface area contributed by atoms with Crippen molar-refractivity contribution in [3.63, 3.8) is 0 Å². The molecule has 8 heteroatoms. The van der Waals surface area contributed by atoms with Crippen molar-refractivity contribution in [2.24, 2.45) is 0 Å². The highest BCUT2D eigenvalue weighted by molar-refractivity contribution is 9.10. The minimum absolute atomic E-state index is 0.0123. The summed E-state index contributed by atoms with van der Waals surface area (Å²) in [7, 11) is 0. The quantitative estimate of drug-likeness (QED) is 0.900. The molecule has 0 radical (unpaired) electrons. The summed E-state index contributed by atoms with van der Waals surface area (Å²) in [5, 5.41) is 9.36. The van der Waals surface area contributed by atoms with Crippen molar-refractivity contribution in [3.05, 3.63) is 22.7 Å². The summed E-state index contributed by atoms with van der Waals surface area (Å²) in [6.07, 6.45) is -5.51. The maximum Gasteiger partial charge on any atom is 0.573 e. The van der Waals surface area contributed by atoms with Crippen molar-refractivity contribution in [2.75, 3.05) is 11.4 Å². The first kappa shape index (κ1) is 14.1. The first-order chi connectivity index (χ1) is 8.76. The Hall–Kier alpha value is -1.28. The van der Waals surface area contributed by atoms with E-state index in [0.29, 0.717) is 5.69 Å². The topological polar surface area (TPSA) is 49.8 Å². The molecule has 2 rings (SSSR count). The smallest absolute Gasteiger partial charge is 0.405 e. The molecule has 1 aromatic rings. The predicted molar refractivity (Wildman–Crippen MR) is 63.8 cm³/mol. The third kappa shape index (κ3) is 3.38. The first-order valence-corrected chi connectivity index (χ1v) is 6.09. The van der Waals surface area contributed by atoms with Crippen LogP contribution in [0.3, 0.4) is 0 Å². The number of halogens is 4. The van der Waals surface area contributed by atoms with Crippen LogP contribution in [0.15, 0.2) is 22.7 Å². The Morgan fingerprint density at radius 2 is 2.11 bits per heavy atom. The van der Waals surface area contributed by atoms with Gasteiger partial charge in [0.1, 0.15) is 5.75 Å². The van der Waals surface area contributed by atoms with Crippen LogP contribution in [0.1, 0.15) is 6.42 Å². The number of anilines is 1. The van der Waals surface area contributed by atoms with Crippen molar-refractivity contribution in [1.82, 2.24) is 0 Å². The van der Waals surface area contributed by atoms with Gasteiger partial charge < -0.3 is 14.7 Å². The summed E-state index contributed by atoms with van der Waals surface area (Å²) in [6, 6.07) is 3.80. The molecule has 1 atom stereocenters. The average molecular weight is 340 g/mol. The van der Waals surface area contributed by atoms with E-state index in [1.165, 1.54) is 17.0 Å². The van der Waals surface area contributed by atoms with Crippen LogP contribution >= 0.6 is 15.9 Å². The number of aliphatic hydroxyl groups excluding tert-OH is 1. The number of ether oxygens (including phenoxy) is 1. The van der Waals surface area contributed by atoms with E-state index in [9.17, 15) is 23.1 Å². The summed E-state index contributed by atoms with van der Waals surface area (Å²) in [5.41, 5.74) is 0.406. The Morgan fingerprint density at radius 3 is 2.58 bits per heavy atom. The van der Waals surface area contributed by atoms with Crippen molar-refractivity contribution in [1.29, 1.82) is 0 Å². The van der Waals surface area contributed by atoms with E-state index in [0.717, 1.165) is 6.07 Å². The predicted octanol–water partition coefficient (Wildman–Crippen LogP) is 2.45. The Kier molecular flexibility index (Phi) is 3.73. The molecule has 1 N–H and O–H groups in total. The van der Waals surface area contributed by atoms with Crippen LogP contribution < -0.4 is 9.64 Å². The summed E-state index contributed by atoms with van der Waals surface area (Å²) in [4.78, 5) is 12.9. The average Bonchev–Trinajstić information content (AvgIpc) is 2.59. The Bertz CT molecular complexity index is 506. The fourth-order valence-corrected chi connectivity index (χ4v) is 2.25. The number of nitrogens with zero attached hydrogens (tertiary/aromatic N) is 1. The molecule has 0 aliphatic carbocycles. The van der Waals surface area contributed by atoms with E-state index < -0.39 is 12.5 Å². The number of hydrogen-bond acceptors (Lipinski definition) is 3. The lowest BCUT2D eigenvalue weighted by molar-refractivity contribution is -0.274. The number of alkyl halides is 3. The number of benzene rings is 1. The van der Waals surface area contributed by atoms with Gasteiger partial charge in [0.2, 0.25) is 5.91 Å². The molecular formula is C11H9BrF3NO3. The zero-order valence-electron chi connectivity index (χ0n) is 9.45. The maximum absolute atomic E-state index is 12.1. The summed E-state index contributed by atoms with van der Waals surface area (Å²) in [6.45, 7) is 0.130. The van der Waals surface area contributed by atoms with Crippen LogP contribution in [0.5, 0.6) is 5.75 Å². The number of carbonyl (C=O) groups is 1. The number of carbonyl (C=O) groups excluding carboxylic acids is 1. The molecule has 0 bridgehead atoms. The molecule has 1 amide bonds. The Balaban J connectivity index is 2.22. The second-order valence-electron chi connectivity index (χ2n) is 4.02. The van der Waals surface area contributed by atoms with Crippen LogP contribution in [0.2, 0.25) is 0 Å². The molecule has 19 heavy (non-hydrogen) atoms. The fourth-order valence-electron chi connectivity index (χ4n) is 1.80. The fraction of sp³-hybridized carbons (Fsp3) is 0.364. The molecule has 0 saturated carbocycles. The van der Waals surface area contributed by atoms with E-state index in [1.54, 1.807) is 0 Å². The van der Waals surface area contributed by atoms with Gasteiger partial charge in [-0.2, -0.15) is 0 Å². The van der Waals surface area contributed by atoms with Crippen molar-refractivity contribution >= 4 is 27.5 Å². The van der Waals surface area contributed by atoms with Gasteiger partial charge in [0.05, 0.1) is 23.5 Å². The Labute approximate surface area is 114 Å². The lowest BCUT2D eigenvalue weighted by Gasteiger charge is -2.17. The van der Waals surface area contributed by atoms with Crippen LogP contribution in [0.4, 0.5) is 18.9 Å². The van der Waals surface area contributed by atoms with Gasteiger partial charge in [-0.3, -0.25) is 4.79 Å².